The standard InChI is InChI=1S/C20H30ClN4O10P/c1-33-9-20(18(28)29,36(30,31)32)34-8-13-14(26)15(27)16(35-13)11-6-7-12-17(22-10-4-2-3-5-10)23-19(21)24-25(11)12/h6-7,10,13-16,18,26-29H,2-5,8-9H2,1H3,(H,22,23,24)(H2,30,31,32)/t13-,14-,15-,16-,20?/m1/s1. The molecule has 4 rings (SSSR count). The van der Waals surface area contributed by atoms with Crippen LogP contribution >= 0.6 is 19.2 Å². The number of fused-ring (bicyclic) bond motifs is 1. The van der Waals surface area contributed by atoms with Gasteiger partial charge in [-0.05, 0) is 36.6 Å². The lowest BCUT2D eigenvalue weighted by atomic mass is 10.1. The number of hydrogen-bond donors (Lipinski definition) is 7. The SMILES string of the molecule is COCC(OC[C@H]1O[C@H](c2ccc3c(NC4CCCC4)nc(Cl)nn23)[C@H](O)[C@@H]1O)(C(O)O)P(=O)(O)O. The Balaban J connectivity index is 1.57. The minimum atomic E-state index is -5.28. The molecular formula is C20H30ClN4O10P. The van der Waals surface area contributed by atoms with Crippen LogP contribution in [-0.2, 0) is 18.8 Å². The van der Waals surface area contributed by atoms with Gasteiger partial charge in [0, 0.05) is 13.2 Å². The number of anilines is 1. The number of aliphatic hydroxyl groups excluding tert-OH is 3. The number of aromatic nitrogens is 3. The highest BCUT2D eigenvalue weighted by Gasteiger charge is 2.56. The Labute approximate surface area is 210 Å². The minimum Gasteiger partial charge on any atom is -0.387 e. The van der Waals surface area contributed by atoms with Crippen molar-refractivity contribution >= 4 is 30.5 Å². The van der Waals surface area contributed by atoms with Crippen LogP contribution in [0.2, 0.25) is 5.28 Å². The number of methoxy groups -OCH3 is 1. The Morgan fingerprint density at radius 1 is 1.28 bits per heavy atom. The van der Waals surface area contributed by atoms with Gasteiger partial charge in [-0.25, -0.2) is 4.52 Å². The van der Waals surface area contributed by atoms with Crippen molar-refractivity contribution in [2.45, 2.75) is 67.8 Å². The van der Waals surface area contributed by atoms with Gasteiger partial charge in [0.25, 0.3) is 0 Å². The molecule has 0 aromatic carbocycles. The van der Waals surface area contributed by atoms with Crippen molar-refractivity contribution in [3.63, 3.8) is 0 Å². The third kappa shape index (κ3) is 5.13. The molecule has 0 spiro atoms. The zero-order valence-corrected chi connectivity index (χ0v) is 21.0. The summed E-state index contributed by atoms with van der Waals surface area (Å²) >= 11 is 6.15. The van der Waals surface area contributed by atoms with Crippen molar-refractivity contribution in [3.8, 4) is 0 Å². The zero-order valence-electron chi connectivity index (χ0n) is 19.3. The largest absolute Gasteiger partial charge is 0.387 e. The predicted octanol–water partition coefficient (Wildman–Crippen LogP) is -0.253. The molecule has 5 atom stereocenters. The molecule has 3 heterocycles. The molecule has 7 N–H and O–H groups in total. The maximum absolute atomic E-state index is 12.0. The molecule has 1 aliphatic heterocycles. The number of halogens is 1. The normalized spacial score (nSPS) is 27.2. The molecular weight excluding hydrogens is 523 g/mol. The molecule has 0 amide bonds. The molecule has 1 aliphatic carbocycles. The van der Waals surface area contributed by atoms with Crippen molar-refractivity contribution in [1.82, 2.24) is 14.6 Å². The van der Waals surface area contributed by atoms with E-state index >= 15 is 0 Å². The fourth-order valence-electron chi connectivity index (χ4n) is 4.65. The fraction of sp³-hybridized carbons (Fsp3) is 0.700. The van der Waals surface area contributed by atoms with E-state index in [0.29, 0.717) is 17.0 Å². The average Bonchev–Trinajstić information content (AvgIpc) is 3.52. The van der Waals surface area contributed by atoms with Crippen molar-refractivity contribution in [3.05, 3.63) is 23.1 Å². The highest BCUT2D eigenvalue weighted by molar-refractivity contribution is 7.53. The van der Waals surface area contributed by atoms with Gasteiger partial charge in [0.15, 0.2) is 12.1 Å². The lowest BCUT2D eigenvalue weighted by Gasteiger charge is -2.35. The van der Waals surface area contributed by atoms with Crippen molar-refractivity contribution in [1.29, 1.82) is 0 Å². The van der Waals surface area contributed by atoms with E-state index in [2.05, 4.69) is 15.4 Å². The second-order valence-corrected chi connectivity index (χ2v) is 11.2. The molecule has 2 aliphatic rings. The monoisotopic (exact) mass is 552 g/mol. The van der Waals surface area contributed by atoms with Gasteiger partial charge in [0.1, 0.15) is 29.9 Å². The number of nitrogens with one attached hydrogen (secondary N) is 1. The van der Waals surface area contributed by atoms with Crippen LogP contribution in [-0.4, -0.2) is 101 Å². The molecule has 2 aromatic rings. The Bertz CT molecular complexity index is 1110. The molecule has 1 saturated carbocycles. The lowest BCUT2D eigenvalue weighted by molar-refractivity contribution is -0.206. The summed E-state index contributed by atoms with van der Waals surface area (Å²) in [4.78, 5) is 23.7. The first-order valence-corrected chi connectivity index (χ1v) is 13.4. The molecule has 1 unspecified atom stereocenters. The topological polar surface area (TPSA) is 208 Å². The second kappa shape index (κ2) is 10.8. The maximum Gasteiger partial charge on any atom is 0.364 e. The number of nitrogens with zero attached hydrogens (tertiary/aromatic N) is 3. The first-order chi connectivity index (χ1) is 17.0. The third-order valence-corrected chi connectivity index (χ3v) is 8.24. The van der Waals surface area contributed by atoms with Gasteiger partial charge in [0.05, 0.1) is 18.9 Å². The van der Waals surface area contributed by atoms with Gasteiger partial charge in [-0.15, -0.1) is 5.10 Å². The summed E-state index contributed by atoms with van der Waals surface area (Å²) in [6.07, 6.45) is -3.80. The van der Waals surface area contributed by atoms with E-state index in [0.717, 1.165) is 32.8 Å². The second-order valence-electron chi connectivity index (χ2n) is 8.99. The predicted molar refractivity (Wildman–Crippen MR) is 124 cm³/mol. The van der Waals surface area contributed by atoms with Crippen LogP contribution in [0.3, 0.4) is 0 Å². The summed E-state index contributed by atoms with van der Waals surface area (Å²) in [5, 5.41) is 45.3. The Morgan fingerprint density at radius 2 is 1.97 bits per heavy atom. The molecule has 1 saturated heterocycles. The first kappa shape index (κ1) is 27.6. The van der Waals surface area contributed by atoms with Crippen LogP contribution in [0.15, 0.2) is 12.1 Å². The Kier molecular flexibility index (Phi) is 8.25. The molecule has 2 fully saturated rings. The lowest BCUT2D eigenvalue weighted by Crippen LogP contribution is -2.50. The van der Waals surface area contributed by atoms with Crippen LogP contribution in [0.4, 0.5) is 5.82 Å². The van der Waals surface area contributed by atoms with Crippen molar-refractivity contribution in [2.75, 3.05) is 25.6 Å². The van der Waals surface area contributed by atoms with E-state index in [9.17, 15) is 34.8 Å². The van der Waals surface area contributed by atoms with Gasteiger partial charge in [0.2, 0.25) is 10.6 Å². The first-order valence-electron chi connectivity index (χ1n) is 11.4. The Hall–Kier alpha value is -1.42. The molecule has 0 bridgehead atoms. The van der Waals surface area contributed by atoms with Gasteiger partial charge in [-0.3, -0.25) is 4.57 Å². The number of hydrogen-bond acceptors (Lipinski definition) is 11. The summed E-state index contributed by atoms with van der Waals surface area (Å²) in [6.45, 7) is -1.56. The quantitative estimate of drug-likeness (QED) is 0.150. The minimum absolute atomic E-state index is 0.0451. The molecule has 202 valence electrons. The molecule has 0 radical (unpaired) electrons. The van der Waals surface area contributed by atoms with Crippen LogP contribution < -0.4 is 5.32 Å². The summed E-state index contributed by atoms with van der Waals surface area (Å²) < 4.78 is 29.2. The average molecular weight is 553 g/mol. The maximum atomic E-state index is 12.0. The van der Waals surface area contributed by atoms with Crippen LogP contribution in [0.1, 0.15) is 37.5 Å². The number of aliphatic hydroxyl groups is 4. The third-order valence-electron chi connectivity index (χ3n) is 6.61. The fourth-order valence-corrected chi connectivity index (χ4v) is 5.65. The Morgan fingerprint density at radius 3 is 2.58 bits per heavy atom. The number of ether oxygens (including phenoxy) is 3. The van der Waals surface area contributed by atoms with Crippen LogP contribution in [0.25, 0.3) is 5.52 Å². The highest BCUT2D eigenvalue weighted by Crippen LogP contribution is 2.53. The van der Waals surface area contributed by atoms with Crippen molar-refractivity contribution in [2.24, 2.45) is 0 Å². The van der Waals surface area contributed by atoms with Crippen molar-refractivity contribution < 1.29 is 49.0 Å². The summed E-state index contributed by atoms with van der Waals surface area (Å²) in [7, 11) is -4.19. The van der Waals surface area contributed by atoms with Gasteiger partial charge >= 0.3 is 7.60 Å². The van der Waals surface area contributed by atoms with Gasteiger partial charge < -0.3 is 49.7 Å². The molecule has 16 heteroatoms. The smallest absolute Gasteiger partial charge is 0.364 e. The molecule has 36 heavy (non-hydrogen) atoms. The zero-order chi connectivity index (χ0) is 26.3. The van der Waals surface area contributed by atoms with E-state index in [1.54, 1.807) is 12.1 Å². The molecule has 2 aromatic heterocycles. The summed E-state index contributed by atoms with van der Waals surface area (Å²) in [5.41, 5.74) is 0.925. The van der Waals surface area contributed by atoms with E-state index in [4.69, 9.17) is 25.8 Å². The van der Waals surface area contributed by atoms with Crippen LogP contribution in [0, 0.1) is 0 Å². The van der Waals surface area contributed by atoms with E-state index in [-0.39, 0.29) is 11.3 Å². The van der Waals surface area contributed by atoms with E-state index in [1.165, 1.54) is 4.52 Å². The number of rotatable bonds is 10. The summed E-state index contributed by atoms with van der Waals surface area (Å²) in [5.74, 6) is 0.518. The highest BCUT2D eigenvalue weighted by atomic mass is 35.5. The van der Waals surface area contributed by atoms with Gasteiger partial charge in [-0.2, -0.15) is 4.98 Å². The van der Waals surface area contributed by atoms with Gasteiger partial charge in [-0.1, -0.05) is 12.8 Å². The summed E-state index contributed by atoms with van der Waals surface area (Å²) in [6, 6.07) is 3.60. The van der Waals surface area contributed by atoms with E-state index in [1.807, 2.05) is 0 Å². The van der Waals surface area contributed by atoms with Crippen LogP contribution in [0.5, 0.6) is 0 Å². The molecule has 14 nitrogen and oxygen atoms in total. The van der Waals surface area contributed by atoms with E-state index < -0.39 is 56.9 Å².